The van der Waals surface area contributed by atoms with Gasteiger partial charge in [-0.2, -0.15) is 0 Å². The van der Waals surface area contributed by atoms with Crippen LogP contribution in [0.5, 0.6) is 0 Å². The molecule has 0 aromatic heterocycles. The highest BCUT2D eigenvalue weighted by Crippen LogP contribution is 2.28. The van der Waals surface area contributed by atoms with E-state index in [1.54, 1.807) is 11.8 Å². The molecular weight excluding hydrogens is 234 g/mol. The molecule has 1 rings (SSSR count). The molecule has 0 aliphatic heterocycles. The molecule has 1 unspecified atom stereocenters. The summed E-state index contributed by atoms with van der Waals surface area (Å²) in [6, 6.07) is 8.15. The van der Waals surface area contributed by atoms with Crippen molar-refractivity contribution in [1.82, 2.24) is 0 Å². The largest absolute Gasteiger partial charge is 0.469 e. The van der Waals surface area contributed by atoms with E-state index in [1.807, 2.05) is 18.2 Å². The van der Waals surface area contributed by atoms with E-state index in [9.17, 15) is 4.79 Å². The summed E-state index contributed by atoms with van der Waals surface area (Å²) in [5.74, 6) is 0.551. The summed E-state index contributed by atoms with van der Waals surface area (Å²) in [7, 11) is 1.41. The maximum absolute atomic E-state index is 11.0. The number of benzene rings is 1. The van der Waals surface area contributed by atoms with Crippen LogP contribution < -0.4 is 5.73 Å². The molecule has 1 aromatic rings. The molecule has 0 saturated carbocycles. The van der Waals surface area contributed by atoms with E-state index in [1.165, 1.54) is 7.11 Å². The second-order valence-corrected chi connectivity index (χ2v) is 4.86. The second kappa shape index (κ2) is 7.35. The molecule has 1 atom stereocenters. The van der Waals surface area contributed by atoms with Crippen molar-refractivity contribution >= 4 is 17.7 Å². The molecular formula is C13H19NO2S. The van der Waals surface area contributed by atoms with Crippen molar-refractivity contribution in [2.24, 2.45) is 5.73 Å². The summed E-state index contributed by atoms with van der Waals surface area (Å²) >= 11 is 1.65. The number of rotatable bonds is 6. The number of methoxy groups -OCH3 is 1. The minimum Gasteiger partial charge on any atom is -0.469 e. The van der Waals surface area contributed by atoms with Crippen LogP contribution in [0.3, 0.4) is 0 Å². The quantitative estimate of drug-likeness (QED) is 0.625. The van der Waals surface area contributed by atoms with E-state index in [4.69, 9.17) is 5.73 Å². The van der Waals surface area contributed by atoms with Crippen molar-refractivity contribution in [1.29, 1.82) is 0 Å². The smallest absolute Gasteiger partial charge is 0.306 e. The molecule has 94 valence electrons. The first-order chi connectivity index (χ1) is 8.19. The van der Waals surface area contributed by atoms with Crippen LogP contribution in [0, 0.1) is 0 Å². The fourth-order valence-electron chi connectivity index (χ4n) is 1.48. The number of esters is 1. The van der Waals surface area contributed by atoms with Gasteiger partial charge < -0.3 is 10.5 Å². The van der Waals surface area contributed by atoms with E-state index < -0.39 is 0 Å². The first kappa shape index (κ1) is 14.1. The fraction of sp³-hybridized carbons (Fsp3) is 0.462. The van der Waals surface area contributed by atoms with Crippen molar-refractivity contribution in [3.05, 3.63) is 29.8 Å². The van der Waals surface area contributed by atoms with Gasteiger partial charge in [0.25, 0.3) is 0 Å². The zero-order valence-corrected chi connectivity index (χ0v) is 11.1. The van der Waals surface area contributed by atoms with Gasteiger partial charge in [0.1, 0.15) is 0 Å². The zero-order valence-electron chi connectivity index (χ0n) is 10.3. The fourth-order valence-corrected chi connectivity index (χ4v) is 2.53. The SMILES string of the molecule is CCC(N)c1ccccc1SCCC(=O)OC. The predicted octanol–water partition coefficient (Wildman–Crippen LogP) is 2.75. The summed E-state index contributed by atoms with van der Waals surface area (Å²) in [6.45, 7) is 2.07. The molecule has 0 radical (unpaired) electrons. The Morgan fingerprint density at radius 2 is 2.18 bits per heavy atom. The lowest BCUT2D eigenvalue weighted by atomic mass is 10.1. The van der Waals surface area contributed by atoms with Crippen molar-refractivity contribution < 1.29 is 9.53 Å². The van der Waals surface area contributed by atoms with E-state index in [2.05, 4.69) is 17.7 Å². The lowest BCUT2D eigenvalue weighted by Crippen LogP contribution is -2.10. The molecule has 1 aromatic carbocycles. The van der Waals surface area contributed by atoms with Crippen LogP contribution in [0.15, 0.2) is 29.2 Å². The highest BCUT2D eigenvalue weighted by Gasteiger charge is 2.09. The first-order valence-electron chi connectivity index (χ1n) is 5.73. The topological polar surface area (TPSA) is 52.3 Å². The van der Waals surface area contributed by atoms with E-state index >= 15 is 0 Å². The highest BCUT2D eigenvalue weighted by atomic mass is 32.2. The average molecular weight is 253 g/mol. The van der Waals surface area contributed by atoms with Crippen molar-refractivity contribution in [2.45, 2.75) is 30.7 Å². The minimum absolute atomic E-state index is 0.0665. The van der Waals surface area contributed by atoms with Crippen molar-refractivity contribution in [3.63, 3.8) is 0 Å². The van der Waals surface area contributed by atoms with Crippen LogP contribution in [0.2, 0.25) is 0 Å². The number of ether oxygens (including phenoxy) is 1. The molecule has 0 aliphatic rings. The van der Waals surface area contributed by atoms with Crippen molar-refractivity contribution in [2.75, 3.05) is 12.9 Å². The summed E-state index contributed by atoms with van der Waals surface area (Å²) in [5, 5.41) is 0. The van der Waals surface area contributed by atoms with Crippen LogP contribution in [-0.4, -0.2) is 18.8 Å². The molecule has 17 heavy (non-hydrogen) atoms. The van der Waals surface area contributed by atoms with Gasteiger partial charge >= 0.3 is 5.97 Å². The maximum Gasteiger partial charge on any atom is 0.306 e. The molecule has 0 heterocycles. The van der Waals surface area contributed by atoms with Crippen LogP contribution in [0.4, 0.5) is 0 Å². The van der Waals surface area contributed by atoms with Gasteiger partial charge in [0.15, 0.2) is 0 Å². The second-order valence-electron chi connectivity index (χ2n) is 3.73. The average Bonchev–Trinajstić information content (AvgIpc) is 2.38. The third kappa shape index (κ3) is 4.40. The number of carbonyl (C=O) groups is 1. The maximum atomic E-state index is 11.0. The molecule has 2 N–H and O–H groups in total. The van der Waals surface area contributed by atoms with Crippen molar-refractivity contribution in [3.8, 4) is 0 Å². The molecule has 3 nitrogen and oxygen atoms in total. The Labute approximate surface area is 107 Å². The molecule has 4 heteroatoms. The van der Waals surface area contributed by atoms with Gasteiger partial charge in [-0.3, -0.25) is 4.79 Å². The number of carbonyl (C=O) groups excluding carboxylic acids is 1. The third-order valence-electron chi connectivity index (χ3n) is 2.55. The number of nitrogens with two attached hydrogens (primary N) is 1. The highest BCUT2D eigenvalue weighted by molar-refractivity contribution is 7.99. The van der Waals surface area contributed by atoms with Gasteiger partial charge in [-0.15, -0.1) is 11.8 Å². The van der Waals surface area contributed by atoms with Gasteiger partial charge in [0.2, 0.25) is 0 Å². The molecule has 0 aliphatic carbocycles. The van der Waals surface area contributed by atoms with Gasteiger partial charge in [-0.25, -0.2) is 0 Å². The van der Waals surface area contributed by atoms with Crippen LogP contribution in [0.25, 0.3) is 0 Å². The van der Waals surface area contributed by atoms with E-state index in [0.29, 0.717) is 6.42 Å². The summed E-state index contributed by atoms with van der Waals surface area (Å²) in [5.41, 5.74) is 7.21. The Morgan fingerprint density at radius 3 is 2.82 bits per heavy atom. The lowest BCUT2D eigenvalue weighted by Gasteiger charge is -2.14. The monoisotopic (exact) mass is 253 g/mol. The Kier molecular flexibility index (Phi) is 6.08. The molecule has 0 saturated heterocycles. The van der Waals surface area contributed by atoms with Crippen LogP contribution in [0.1, 0.15) is 31.4 Å². The summed E-state index contributed by atoms with van der Waals surface area (Å²) in [6.07, 6.45) is 1.34. The van der Waals surface area contributed by atoms with Gasteiger partial charge in [0.05, 0.1) is 13.5 Å². The van der Waals surface area contributed by atoms with E-state index in [-0.39, 0.29) is 12.0 Å². The normalized spacial score (nSPS) is 12.2. The van der Waals surface area contributed by atoms with Crippen LogP contribution >= 0.6 is 11.8 Å². The minimum atomic E-state index is -0.172. The lowest BCUT2D eigenvalue weighted by molar-refractivity contribution is -0.140. The number of hydrogen-bond acceptors (Lipinski definition) is 4. The van der Waals surface area contributed by atoms with E-state index in [0.717, 1.165) is 22.6 Å². The first-order valence-corrected chi connectivity index (χ1v) is 6.71. The number of thioether (sulfide) groups is 1. The predicted molar refractivity (Wildman–Crippen MR) is 71.0 cm³/mol. The Morgan fingerprint density at radius 1 is 1.47 bits per heavy atom. The third-order valence-corrected chi connectivity index (χ3v) is 3.64. The molecule has 0 fully saturated rings. The van der Waals surface area contributed by atoms with Gasteiger partial charge in [0, 0.05) is 16.7 Å². The Bertz CT molecular complexity index is 368. The number of hydrogen-bond donors (Lipinski definition) is 1. The van der Waals surface area contributed by atoms with Gasteiger partial charge in [-0.05, 0) is 18.1 Å². The standard InChI is InChI=1S/C13H19NO2S/c1-3-11(14)10-6-4-5-7-12(10)17-9-8-13(15)16-2/h4-7,11H,3,8-9,14H2,1-2H3. The Balaban J connectivity index is 2.61. The van der Waals surface area contributed by atoms with Crippen LogP contribution in [-0.2, 0) is 9.53 Å². The summed E-state index contributed by atoms with van der Waals surface area (Å²) in [4.78, 5) is 12.2. The molecule has 0 amide bonds. The summed E-state index contributed by atoms with van der Waals surface area (Å²) < 4.78 is 4.61. The molecule has 0 spiro atoms. The Hall–Kier alpha value is -1.00. The zero-order chi connectivity index (χ0) is 12.7. The van der Waals surface area contributed by atoms with Gasteiger partial charge in [-0.1, -0.05) is 25.1 Å². The molecule has 0 bridgehead atoms.